The third-order valence-electron chi connectivity index (χ3n) is 5.80. The summed E-state index contributed by atoms with van der Waals surface area (Å²) in [6, 6.07) is 7.87. The summed E-state index contributed by atoms with van der Waals surface area (Å²) in [5.41, 5.74) is -6.86. The molecule has 0 fully saturated rings. The van der Waals surface area contributed by atoms with Crippen molar-refractivity contribution in [2.75, 3.05) is 5.32 Å². The van der Waals surface area contributed by atoms with Crippen LogP contribution in [0.2, 0.25) is 0 Å². The van der Waals surface area contributed by atoms with Crippen molar-refractivity contribution in [3.63, 3.8) is 0 Å². The van der Waals surface area contributed by atoms with Gasteiger partial charge in [0.25, 0.3) is 11.8 Å². The van der Waals surface area contributed by atoms with E-state index in [2.05, 4.69) is 28.3 Å². The molecule has 0 aliphatic rings. The monoisotopic (exact) mass is 599 g/mol. The van der Waals surface area contributed by atoms with Crippen LogP contribution in [0.5, 0.6) is 0 Å². The van der Waals surface area contributed by atoms with E-state index in [0.29, 0.717) is 5.56 Å². The van der Waals surface area contributed by atoms with Crippen molar-refractivity contribution in [2.45, 2.75) is 50.2 Å². The van der Waals surface area contributed by atoms with E-state index in [4.69, 9.17) is 9.15 Å². The van der Waals surface area contributed by atoms with E-state index >= 15 is 0 Å². The topological polar surface area (TPSA) is 133 Å². The third-order valence-corrected chi connectivity index (χ3v) is 5.80. The lowest BCUT2D eigenvalue weighted by Crippen LogP contribution is -2.45. The van der Waals surface area contributed by atoms with Crippen LogP contribution in [-0.2, 0) is 27.9 Å². The van der Waals surface area contributed by atoms with Crippen LogP contribution in [0.1, 0.15) is 42.7 Å². The van der Waals surface area contributed by atoms with Gasteiger partial charge in [-0.2, -0.15) is 26.3 Å². The van der Waals surface area contributed by atoms with Crippen molar-refractivity contribution in [3.8, 4) is 11.6 Å². The SMILES string of the molecule is C=CCCC(=O)Nc1nc(-c2nnc(C(CCC=C)(OCc3ccccc3)C(F)(F)F)o2)c([N+](=O)[O-])cc1C(F)(F)F. The Morgan fingerprint density at radius 2 is 1.74 bits per heavy atom. The quantitative estimate of drug-likeness (QED) is 0.0971. The number of carbonyl (C=O) groups is 1. The maximum atomic E-state index is 14.6. The third kappa shape index (κ3) is 7.18. The van der Waals surface area contributed by atoms with Gasteiger partial charge in [-0.25, -0.2) is 4.98 Å². The molecule has 0 aliphatic heterocycles. The first-order valence-corrected chi connectivity index (χ1v) is 12.1. The van der Waals surface area contributed by atoms with Crippen LogP contribution in [-0.4, -0.2) is 32.2 Å². The van der Waals surface area contributed by atoms with Crippen molar-refractivity contribution in [1.29, 1.82) is 0 Å². The van der Waals surface area contributed by atoms with Crippen LogP contribution in [0.4, 0.5) is 37.8 Å². The largest absolute Gasteiger partial charge is 0.426 e. The fraction of sp³-hybridized carbons (Fsp3) is 0.308. The van der Waals surface area contributed by atoms with Crippen LogP contribution >= 0.6 is 0 Å². The average molecular weight is 599 g/mol. The number of amides is 1. The molecule has 3 rings (SSSR count). The molecule has 10 nitrogen and oxygen atoms in total. The molecule has 1 atom stereocenters. The molecule has 2 heterocycles. The Morgan fingerprint density at radius 3 is 2.31 bits per heavy atom. The van der Waals surface area contributed by atoms with Crippen molar-refractivity contribution in [3.05, 3.63) is 88.8 Å². The van der Waals surface area contributed by atoms with Crippen LogP contribution < -0.4 is 5.32 Å². The van der Waals surface area contributed by atoms with E-state index in [1.807, 2.05) is 5.32 Å². The number of anilines is 1. The number of nitrogens with one attached hydrogen (secondary N) is 1. The van der Waals surface area contributed by atoms with Crippen LogP contribution in [0, 0.1) is 10.1 Å². The van der Waals surface area contributed by atoms with E-state index in [9.17, 15) is 41.3 Å². The average Bonchev–Trinajstić information content (AvgIpc) is 3.41. The van der Waals surface area contributed by atoms with Crippen molar-refractivity contribution in [2.24, 2.45) is 0 Å². The molecule has 16 heteroatoms. The lowest BCUT2D eigenvalue weighted by molar-refractivity contribution is -0.384. The molecule has 1 amide bonds. The molecule has 1 aromatic carbocycles. The summed E-state index contributed by atoms with van der Waals surface area (Å²) in [5, 5.41) is 20.5. The lowest BCUT2D eigenvalue weighted by atomic mass is 9.96. The second-order valence-electron chi connectivity index (χ2n) is 8.72. The molecule has 0 spiro atoms. The molecule has 0 aliphatic carbocycles. The highest BCUT2D eigenvalue weighted by Gasteiger charge is 2.61. The number of carbonyl (C=O) groups excluding carboxylic acids is 1. The predicted octanol–water partition coefficient (Wildman–Crippen LogP) is 6.90. The number of hydrogen-bond acceptors (Lipinski definition) is 8. The van der Waals surface area contributed by atoms with E-state index in [0.717, 1.165) is 0 Å². The minimum absolute atomic E-state index is 0.0654. The Balaban J connectivity index is 2.17. The number of allylic oxidation sites excluding steroid dienone is 2. The molecule has 224 valence electrons. The molecule has 1 unspecified atom stereocenters. The van der Waals surface area contributed by atoms with Gasteiger partial charge in [0.15, 0.2) is 0 Å². The van der Waals surface area contributed by atoms with E-state index in [-0.39, 0.29) is 25.3 Å². The second kappa shape index (κ2) is 12.9. The van der Waals surface area contributed by atoms with Gasteiger partial charge in [-0.3, -0.25) is 14.9 Å². The Labute approximate surface area is 234 Å². The molecular weight excluding hydrogens is 576 g/mol. The fourth-order valence-corrected chi connectivity index (χ4v) is 3.69. The summed E-state index contributed by atoms with van der Waals surface area (Å²) in [5.74, 6) is -4.27. The highest BCUT2D eigenvalue weighted by molar-refractivity contribution is 5.91. The molecule has 42 heavy (non-hydrogen) atoms. The van der Waals surface area contributed by atoms with Crippen molar-refractivity contribution >= 4 is 17.4 Å². The zero-order valence-corrected chi connectivity index (χ0v) is 21.7. The second-order valence-corrected chi connectivity index (χ2v) is 8.72. The van der Waals surface area contributed by atoms with Crippen LogP contribution in [0.25, 0.3) is 11.6 Å². The number of aromatic nitrogens is 3. The summed E-state index contributed by atoms with van der Waals surface area (Å²) < 4.78 is 95.6. The first-order chi connectivity index (χ1) is 19.7. The van der Waals surface area contributed by atoms with Gasteiger partial charge in [0, 0.05) is 12.5 Å². The highest BCUT2D eigenvalue weighted by Crippen LogP contribution is 2.47. The van der Waals surface area contributed by atoms with Gasteiger partial charge in [0.2, 0.25) is 17.2 Å². The number of hydrogen-bond donors (Lipinski definition) is 1. The molecular formula is C26H23F6N5O5. The van der Waals surface area contributed by atoms with Gasteiger partial charge in [-0.15, -0.1) is 23.4 Å². The molecule has 2 aromatic heterocycles. The number of nitro groups is 1. The summed E-state index contributed by atoms with van der Waals surface area (Å²) in [7, 11) is 0. The summed E-state index contributed by atoms with van der Waals surface area (Å²) in [6.45, 7) is 6.25. The number of pyridine rings is 1. The van der Waals surface area contributed by atoms with Gasteiger partial charge in [0.1, 0.15) is 11.4 Å². The van der Waals surface area contributed by atoms with E-state index in [1.54, 1.807) is 18.2 Å². The Bertz CT molecular complexity index is 1440. The first-order valence-electron chi connectivity index (χ1n) is 12.1. The fourth-order valence-electron chi connectivity index (χ4n) is 3.69. The lowest BCUT2D eigenvalue weighted by Gasteiger charge is -2.32. The maximum absolute atomic E-state index is 14.6. The van der Waals surface area contributed by atoms with Gasteiger partial charge < -0.3 is 14.5 Å². The van der Waals surface area contributed by atoms with Crippen molar-refractivity contribution in [1.82, 2.24) is 15.2 Å². The summed E-state index contributed by atoms with van der Waals surface area (Å²) in [6.07, 6.45) is -9.10. The highest BCUT2D eigenvalue weighted by atomic mass is 19.4. The standard InChI is InChI=1S/C26H23F6N5O5/c1-3-5-12-19(38)33-21-17(25(27,28)29)14-18(37(39)40)20(34-21)22-35-36-23(42-22)24(13-6-4-2,26(30,31)32)41-15-16-10-8-7-9-11-16/h3-4,7-11,14H,1-2,5-6,12-13,15H2,(H,33,34,38). The van der Waals surface area contributed by atoms with Gasteiger partial charge in [0.05, 0.1) is 11.5 Å². The Hall–Kier alpha value is -4.60. The zero-order valence-electron chi connectivity index (χ0n) is 21.7. The normalized spacial score (nSPS) is 13.3. The van der Waals surface area contributed by atoms with E-state index in [1.165, 1.54) is 24.3 Å². The molecule has 0 saturated heterocycles. The molecule has 0 bridgehead atoms. The molecule has 0 saturated carbocycles. The Kier molecular flexibility index (Phi) is 9.83. The molecule has 1 N–H and O–H groups in total. The zero-order chi connectivity index (χ0) is 31.1. The number of nitrogens with zero attached hydrogens (tertiary/aromatic N) is 4. The Morgan fingerprint density at radius 1 is 1.07 bits per heavy atom. The molecule has 0 radical (unpaired) electrons. The van der Waals surface area contributed by atoms with E-state index < -0.39 is 76.4 Å². The number of halogens is 6. The smallest absolute Gasteiger partial charge is 0.415 e. The molecule has 3 aromatic rings. The minimum atomic E-state index is -5.21. The minimum Gasteiger partial charge on any atom is -0.415 e. The van der Waals surface area contributed by atoms with Crippen LogP contribution in [0.3, 0.4) is 0 Å². The number of rotatable bonds is 13. The summed E-state index contributed by atoms with van der Waals surface area (Å²) in [4.78, 5) is 26.1. The predicted molar refractivity (Wildman–Crippen MR) is 136 cm³/mol. The number of ether oxygens (including phenoxy) is 1. The number of benzene rings is 1. The maximum Gasteiger partial charge on any atom is 0.426 e. The van der Waals surface area contributed by atoms with Crippen LogP contribution in [0.15, 0.2) is 66.1 Å². The van der Waals surface area contributed by atoms with Gasteiger partial charge >= 0.3 is 18.0 Å². The van der Waals surface area contributed by atoms with Crippen molar-refractivity contribution < 1.29 is 45.2 Å². The van der Waals surface area contributed by atoms with Gasteiger partial charge in [-0.1, -0.05) is 42.5 Å². The van der Waals surface area contributed by atoms with Gasteiger partial charge in [-0.05, 0) is 24.8 Å². The number of alkyl halides is 6. The first kappa shape index (κ1) is 31.9. The summed E-state index contributed by atoms with van der Waals surface area (Å²) >= 11 is 0.